The lowest BCUT2D eigenvalue weighted by molar-refractivity contribution is 0.352. The Bertz CT molecular complexity index is 349. The Hall–Kier alpha value is -0.730. The number of benzene rings is 1. The van der Waals surface area contributed by atoms with Crippen molar-refractivity contribution in [1.29, 1.82) is 0 Å². The normalized spacial score (nSPS) is 17.6. The predicted octanol–water partition coefficient (Wildman–Crippen LogP) is 1.95. The molecule has 0 bridgehead atoms. The van der Waals surface area contributed by atoms with E-state index in [1.807, 2.05) is 6.07 Å². The molecule has 3 heteroatoms. The van der Waals surface area contributed by atoms with Gasteiger partial charge in [-0.05, 0) is 37.1 Å². The van der Waals surface area contributed by atoms with E-state index in [0.717, 1.165) is 31.0 Å². The second-order valence-corrected chi connectivity index (χ2v) is 4.29. The molecule has 0 saturated carbocycles. The average Bonchev–Trinajstić information content (AvgIpc) is 2.35. The van der Waals surface area contributed by atoms with E-state index in [9.17, 15) is 0 Å². The van der Waals surface area contributed by atoms with Crippen LogP contribution in [0.2, 0.25) is 5.02 Å². The fourth-order valence-corrected chi connectivity index (χ4v) is 2.19. The Balaban J connectivity index is 2.41. The van der Waals surface area contributed by atoms with E-state index >= 15 is 0 Å². The highest BCUT2D eigenvalue weighted by atomic mass is 35.5. The smallest absolute Gasteiger partial charge is 0.0670 e. The minimum absolute atomic E-state index is 0.704. The summed E-state index contributed by atoms with van der Waals surface area (Å²) in [6.45, 7) is 2.17. The van der Waals surface area contributed by atoms with Crippen LogP contribution in [0.25, 0.3) is 0 Å². The Morgan fingerprint density at radius 1 is 1.29 bits per heavy atom. The third-order valence-corrected chi connectivity index (χ3v) is 3.32. The molecule has 2 N–H and O–H groups in total. The lowest BCUT2D eigenvalue weighted by Crippen LogP contribution is -2.20. The van der Waals surface area contributed by atoms with Crippen molar-refractivity contribution in [2.75, 3.05) is 25.9 Å². The SMILES string of the molecule is CN1CCc2ccc(N)c(Cl)c2CC1. The number of hydrogen-bond donors (Lipinski definition) is 1. The van der Waals surface area contributed by atoms with E-state index in [1.54, 1.807) is 0 Å². The molecule has 0 aliphatic carbocycles. The number of halogens is 1. The van der Waals surface area contributed by atoms with Crippen LogP contribution in [-0.4, -0.2) is 25.0 Å². The highest BCUT2D eigenvalue weighted by Crippen LogP contribution is 2.28. The molecule has 76 valence electrons. The average molecular weight is 211 g/mol. The summed E-state index contributed by atoms with van der Waals surface area (Å²) >= 11 is 6.19. The molecule has 14 heavy (non-hydrogen) atoms. The molecular weight excluding hydrogens is 196 g/mol. The number of nitrogen functional groups attached to an aromatic ring is 1. The highest BCUT2D eigenvalue weighted by molar-refractivity contribution is 6.34. The maximum Gasteiger partial charge on any atom is 0.0670 e. The molecule has 2 nitrogen and oxygen atoms in total. The van der Waals surface area contributed by atoms with Gasteiger partial charge < -0.3 is 10.6 Å². The van der Waals surface area contributed by atoms with Crippen LogP contribution in [0, 0.1) is 0 Å². The molecule has 0 amide bonds. The fraction of sp³-hybridized carbons (Fsp3) is 0.455. The molecule has 0 radical (unpaired) electrons. The van der Waals surface area contributed by atoms with Crippen LogP contribution in [0.3, 0.4) is 0 Å². The zero-order valence-electron chi connectivity index (χ0n) is 8.39. The summed E-state index contributed by atoms with van der Waals surface area (Å²) in [5.74, 6) is 0. The molecule has 0 aromatic heterocycles. The molecule has 2 rings (SSSR count). The number of fused-ring (bicyclic) bond motifs is 1. The van der Waals surface area contributed by atoms with Crippen molar-refractivity contribution in [3.63, 3.8) is 0 Å². The molecule has 0 unspecified atom stereocenters. The van der Waals surface area contributed by atoms with Gasteiger partial charge >= 0.3 is 0 Å². The summed E-state index contributed by atoms with van der Waals surface area (Å²) in [5.41, 5.74) is 9.09. The lowest BCUT2D eigenvalue weighted by atomic mass is 10.0. The van der Waals surface area contributed by atoms with Crippen LogP contribution in [0.4, 0.5) is 5.69 Å². The summed E-state index contributed by atoms with van der Waals surface area (Å²) in [6.07, 6.45) is 2.08. The van der Waals surface area contributed by atoms with E-state index in [1.165, 1.54) is 11.1 Å². The van der Waals surface area contributed by atoms with Gasteiger partial charge in [0.25, 0.3) is 0 Å². The van der Waals surface area contributed by atoms with Gasteiger partial charge in [0.1, 0.15) is 0 Å². The van der Waals surface area contributed by atoms with Gasteiger partial charge in [0.15, 0.2) is 0 Å². The third kappa shape index (κ3) is 1.72. The number of nitrogens with zero attached hydrogens (tertiary/aromatic N) is 1. The van der Waals surface area contributed by atoms with Crippen LogP contribution in [0.5, 0.6) is 0 Å². The van der Waals surface area contributed by atoms with Gasteiger partial charge in [-0.1, -0.05) is 17.7 Å². The van der Waals surface area contributed by atoms with Crippen LogP contribution >= 0.6 is 11.6 Å². The van der Waals surface area contributed by atoms with Gasteiger partial charge in [0.05, 0.1) is 10.7 Å². The molecular formula is C11H15ClN2. The second-order valence-electron chi connectivity index (χ2n) is 3.91. The number of rotatable bonds is 0. The lowest BCUT2D eigenvalue weighted by Gasteiger charge is -2.11. The van der Waals surface area contributed by atoms with Crippen LogP contribution in [0.15, 0.2) is 12.1 Å². The number of nitrogens with two attached hydrogens (primary N) is 1. The summed E-state index contributed by atoms with van der Waals surface area (Å²) in [5, 5.41) is 0.762. The van der Waals surface area contributed by atoms with E-state index in [-0.39, 0.29) is 0 Å². The van der Waals surface area contributed by atoms with Gasteiger partial charge in [-0.3, -0.25) is 0 Å². The fourth-order valence-electron chi connectivity index (χ4n) is 1.91. The van der Waals surface area contributed by atoms with Crippen molar-refractivity contribution in [2.45, 2.75) is 12.8 Å². The number of likely N-dealkylation sites (N-methyl/N-ethyl adjacent to an activating group) is 1. The number of anilines is 1. The summed E-state index contributed by atoms with van der Waals surface area (Å²) < 4.78 is 0. The van der Waals surface area contributed by atoms with E-state index in [2.05, 4.69) is 18.0 Å². The molecule has 0 spiro atoms. The summed E-state index contributed by atoms with van der Waals surface area (Å²) in [4.78, 5) is 2.33. The van der Waals surface area contributed by atoms with Crippen molar-refractivity contribution in [3.8, 4) is 0 Å². The highest BCUT2D eigenvalue weighted by Gasteiger charge is 2.14. The van der Waals surface area contributed by atoms with Crippen molar-refractivity contribution in [1.82, 2.24) is 4.90 Å². The maximum atomic E-state index is 6.19. The minimum atomic E-state index is 0.704. The summed E-state index contributed by atoms with van der Waals surface area (Å²) in [6, 6.07) is 4.02. The van der Waals surface area contributed by atoms with Crippen molar-refractivity contribution >= 4 is 17.3 Å². The summed E-state index contributed by atoms with van der Waals surface area (Å²) in [7, 11) is 2.14. The Morgan fingerprint density at radius 2 is 2.00 bits per heavy atom. The Morgan fingerprint density at radius 3 is 2.79 bits per heavy atom. The van der Waals surface area contributed by atoms with Crippen LogP contribution in [0.1, 0.15) is 11.1 Å². The first kappa shape index (κ1) is 9.81. The minimum Gasteiger partial charge on any atom is -0.398 e. The molecule has 1 aromatic rings. The van der Waals surface area contributed by atoms with Crippen molar-refractivity contribution < 1.29 is 0 Å². The zero-order chi connectivity index (χ0) is 10.1. The molecule has 1 aromatic carbocycles. The molecule has 1 aliphatic rings. The standard InChI is InChI=1S/C11H15ClN2/c1-14-6-4-8-2-3-10(13)11(12)9(8)5-7-14/h2-3H,4-7,13H2,1H3. The first-order valence-corrected chi connectivity index (χ1v) is 5.30. The monoisotopic (exact) mass is 210 g/mol. The Labute approximate surface area is 89.7 Å². The van der Waals surface area contributed by atoms with E-state index < -0.39 is 0 Å². The molecule has 1 heterocycles. The first-order valence-electron chi connectivity index (χ1n) is 4.93. The van der Waals surface area contributed by atoms with E-state index in [4.69, 9.17) is 17.3 Å². The van der Waals surface area contributed by atoms with Gasteiger partial charge in [-0.2, -0.15) is 0 Å². The van der Waals surface area contributed by atoms with Gasteiger partial charge in [-0.15, -0.1) is 0 Å². The number of hydrogen-bond acceptors (Lipinski definition) is 2. The molecule has 0 fully saturated rings. The third-order valence-electron chi connectivity index (χ3n) is 2.88. The van der Waals surface area contributed by atoms with Crippen molar-refractivity contribution in [3.05, 3.63) is 28.3 Å². The molecule has 1 aliphatic heterocycles. The predicted molar refractivity (Wildman–Crippen MR) is 60.8 cm³/mol. The quantitative estimate of drug-likeness (QED) is 0.664. The second kappa shape index (κ2) is 3.79. The van der Waals surface area contributed by atoms with Gasteiger partial charge in [0.2, 0.25) is 0 Å². The van der Waals surface area contributed by atoms with Crippen LogP contribution in [-0.2, 0) is 12.8 Å². The topological polar surface area (TPSA) is 29.3 Å². The van der Waals surface area contributed by atoms with Crippen LogP contribution < -0.4 is 5.73 Å². The molecule has 0 atom stereocenters. The van der Waals surface area contributed by atoms with Crippen molar-refractivity contribution in [2.24, 2.45) is 0 Å². The van der Waals surface area contributed by atoms with Gasteiger partial charge in [-0.25, -0.2) is 0 Å². The zero-order valence-corrected chi connectivity index (χ0v) is 9.14. The largest absolute Gasteiger partial charge is 0.398 e. The Kier molecular flexibility index (Phi) is 2.66. The maximum absolute atomic E-state index is 6.19. The van der Waals surface area contributed by atoms with E-state index in [0.29, 0.717) is 5.69 Å². The molecule has 0 saturated heterocycles. The first-order chi connectivity index (χ1) is 6.68. The van der Waals surface area contributed by atoms with Gasteiger partial charge in [0, 0.05) is 13.1 Å².